The average Bonchev–Trinajstić information content (AvgIpc) is 2.38. The van der Waals surface area contributed by atoms with E-state index in [2.05, 4.69) is 5.32 Å². The third-order valence-electron chi connectivity index (χ3n) is 3.49. The average molecular weight is 255 g/mol. The lowest BCUT2D eigenvalue weighted by atomic mass is 10.1. The molecule has 0 aromatic carbocycles. The standard InChI is InChI=1S/C13H25N3O2/c1-4-15(5-2)13(18)14-10-11(3)16-9-7-6-8-12(16)17/h11H,4-10H2,1-3H3,(H,14,18)/t11-/m1/s1. The van der Waals surface area contributed by atoms with Crippen molar-refractivity contribution in [3.05, 3.63) is 0 Å². The van der Waals surface area contributed by atoms with E-state index < -0.39 is 0 Å². The molecule has 1 rings (SSSR count). The molecule has 0 radical (unpaired) electrons. The highest BCUT2D eigenvalue weighted by atomic mass is 16.2. The number of hydrogen-bond donors (Lipinski definition) is 1. The Labute approximate surface area is 110 Å². The smallest absolute Gasteiger partial charge is 0.317 e. The van der Waals surface area contributed by atoms with E-state index in [1.807, 2.05) is 25.7 Å². The van der Waals surface area contributed by atoms with Crippen LogP contribution in [0.1, 0.15) is 40.0 Å². The molecular weight excluding hydrogens is 230 g/mol. The molecule has 5 heteroatoms. The summed E-state index contributed by atoms with van der Waals surface area (Å²) in [4.78, 5) is 27.1. The molecule has 1 N–H and O–H groups in total. The second-order valence-electron chi connectivity index (χ2n) is 4.75. The summed E-state index contributed by atoms with van der Waals surface area (Å²) < 4.78 is 0. The molecular formula is C13H25N3O2. The van der Waals surface area contributed by atoms with Crippen molar-refractivity contribution >= 4 is 11.9 Å². The number of nitrogens with one attached hydrogen (secondary N) is 1. The van der Waals surface area contributed by atoms with Gasteiger partial charge in [-0.25, -0.2) is 4.79 Å². The predicted molar refractivity (Wildman–Crippen MR) is 71.3 cm³/mol. The third kappa shape index (κ3) is 3.89. The van der Waals surface area contributed by atoms with Crippen molar-refractivity contribution in [3.8, 4) is 0 Å². The van der Waals surface area contributed by atoms with Crippen LogP contribution in [0, 0.1) is 0 Å². The first-order valence-electron chi connectivity index (χ1n) is 6.92. The molecule has 3 amide bonds. The predicted octanol–water partition coefficient (Wildman–Crippen LogP) is 1.44. The maximum Gasteiger partial charge on any atom is 0.317 e. The van der Waals surface area contributed by atoms with Crippen LogP contribution >= 0.6 is 0 Å². The Kier molecular flexibility index (Phi) is 5.95. The first-order chi connectivity index (χ1) is 8.60. The maximum absolute atomic E-state index is 11.8. The summed E-state index contributed by atoms with van der Waals surface area (Å²) in [5.74, 6) is 0.214. The second-order valence-corrected chi connectivity index (χ2v) is 4.75. The van der Waals surface area contributed by atoms with Gasteiger partial charge in [0.15, 0.2) is 0 Å². The highest BCUT2D eigenvalue weighted by molar-refractivity contribution is 5.77. The number of rotatable bonds is 5. The fraction of sp³-hybridized carbons (Fsp3) is 0.846. The number of hydrogen-bond acceptors (Lipinski definition) is 2. The zero-order valence-corrected chi connectivity index (χ0v) is 11.7. The second kappa shape index (κ2) is 7.24. The normalized spacial score (nSPS) is 17.5. The summed E-state index contributed by atoms with van der Waals surface area (Å²) >= 11 is 0. The summed E-state index contributed by atoms with van der Waals surface area (Å²) in [6, 6.07) is 0.0358. The van der Waals surface area contributed by atoms with Crippen LogP contribution in [0.5, 0.6) is 0 Å². The minimum atomic E-state index is -0.0451. The van der Waals surface area contributed by atoms with Crippen molar-refractivity contribution in [2.45, 2.75) is 46.1 Å². The number of carbonyl (C=O) groups is 2. The van der Waals surface area contributed by atoms with Crippen molar-refractivity contribution in [2.24, 2.45) is 0 Å². The molecule has 5 nitrogen and oxygen atoms in total. The summed E-state index contributed by atoms with van der Waals surface area (Å²) in [5, 5.41) is 2.90. The lowest BCUT2D eigenvalue weighted by molar-refractivity contribution is -0.135. The lowest BCUT2D eigenvalue weighted by Gasteiger charge is -2.33. The minimum Gasteiger partial charge on any atom is -0.338 e. The van der Waals surface area contributed by atoms with Crippen LogP contribution in [-0.2, 0) is 4.79 Å². The Balaban J connectivity index is 2.38. The lowest BCUT2D eigenvalue weighted by Crippen LogP contribution is -2.49. The van der Waals surface area contributed by atoms with Gasteiger partial charge in [0, 0.05) is 38.6 Å². The van der Waals surface area contributed by atoms with E-state index in [0.717, 1.165) is 19.4 Å². The minimum absolute atomic E-state index is 0.0451. The van der Waals surface area contributed by atoms with Crippen molar-refractivity contribution in [1.82, 2.24) is 15.1 Å². The molecule has 18 heavy (non-hydrogen) atoms. The Hall–Kier alpha value is -1.26. The van der Waals surface area contributed by atoms with E-state index in [1.54, 1.807) is 4.90 Å². The number of amides is 3. The van der Waals surface area contributed by atoms with Crippen LogP contribution in [0.25, 0.3) is 0 Å². The van der Waals surface area contributed by atoms with Gasteiger partial charge in [0.05, 0.1) is 0 Å². The molecule has 1 fully saturated rings. The van der Waals surface area contributed by atoms with E-state index in [1.165, 1.54) is 0 Å². The molecule has 0 aromatic heterocycles. The van der Waals surface area contributed by atoms with Crippen LogP contribution in [-0.4, -0.2) is 54.0 Å². The molecule has 0 bridgehead atoms. The highest BCUT2D eigenvalue weighted by Gasteiger charge is 2.23. The Morgan fingerprint density at radius 1 is 1.39 bits per heavy atom. The number of piperidine rings is 1. The van der Waals surface area contributed by atoms with Crippen molar-refractivity contribution in [3.63, 3.8) is 0 Å². The molecule has 1 heterocycles. The van der Waals surface area contributed by atoms with Crippen LogP contribution in [0.15, 0.2) is 0 Å². The summed E-state index contributed by atoms with van der Waals surface area (Å²) in [7, 11) is 0. The molecule has 1 saturated heterocycles. The van der Waals surface area contributed by atoms with Crippen LogP contribution in [0.4, 0.5) is 4.79 Å². The number of nitrogens with zero attached hydrogens (tertiary/aromatic N) is 2. The molecule has 0 aliphatic carbocycles. The Bertz CT molecular complexity index is 290. The highest BCUT2D eigenvalue weighted by Crippen LogP contribution is 2.13. The first kappa shape index (κ1) is 14.8. The van der Waals surface area contributed by atoms with E-state index in [4.69, 9.17) is 0 Å². The van der Waals surface area contributed by atoms with Gasteiger partial charge in [0.2, 0.25) is 5.91 Å². The Morgan fingerprint density at radius 2 is 2.06 bits per heavy atom. The maximum atomic E-state index is 11.8. The zero-order valence-electron chi connectivity index (χ0n) is 11.7. The number of carbonyl (C=O) groups excluding carboxylic acids is 2. The summed E-state index contributed by atoms with van der Waals surface area (Å²) in [6.45, 7) is 8.67. The van der Waals surface area contributed by atoms with Crippen LogP contribution < -0.4 is 5.32 Å². The van der Waals surface area contributed by atoms with Crippen molar-refractivity contribution in [1.29, 1.82) is 0 Å². The molecule has 1 aliphatic rings. The number of likely N-dealkylation sites (tertiary alicyclic amines) is 1. The van der Waals surface area contributed by atoms with E-state index in [-0.39, 0.29) is 18.0 Å². The molecule has 1 aliphatic heterocycles. The molecule has 0 unspecified atom stereocenters. The molecule has 0 aromatic rings. The third-order valence-corrected chi connectivity index (χ3v) is 3.49. The Morgan fingerprint density at radius 3 is 2.61 bits per heavy atom. The monoisotopic (exact) mass is 255 g/mol. The molecule has 104 valence electrons. The quantitative estimate of drug-likeness (QED) is 0.808. The van der Waals surface area contributed by atoms with Crippen LogP contribution in [0.2, 0.25) is 0 Å². The van der Waals surface area contributed by atoms with Gasteiger partial charge >= 0.3 is 6.03 Å². The summed E-state index contributed by atoms with van der Waals surface area (Å²) in [5.41, 5.74) is 0. The zero-order chi connectivity index (χ0) is 13.5. The van der Waals surface area contributed by atoms with E-state index >= 15 is 0 Å². The topological polar surface area (TPSA) is 52.7 Å². The molecule has 0 saturated carbocycles. The molecule has 1 atom stereocenters. The summed E-state index contributed by atoms with van der Waals surface area (Å²) in [6.07, 6.45) is 2.71. The fourth-order valence-corrected chi connectivity index (χ4v) is 2.26. The number of urea groups is 1. The van der Waals surface area contributed by atoms with E-state index in [9.17, 15) is 9.59 Å². The largest absolute Gasteiger partial charge is 0.338 e. The van der Waals surface area contributed by atoms with Gasteiger partial charge in [-0.2, -0.15) is 0 Å². The van der Waals surface area contributed by atoms with Gasteiger partial charge in [-0.1, -0.05) is 0 Å². The SMILES string of the molecule is CCN(CC)C(=O)NC[C@@H](C)N1CCCCC1=O. The van der Waals surface area contributed by atoms with Crippen LogP contribution in [0.3, 0.4) is 0 Å². The first-order valence-corrected chi connectivity index (χ1v) is 6.92. The molecule has 0 spiro atoms. The van der Waals surface area contributed by atoms with Gasteiger partial charge in [-0.05, 0) is 33.6 Å². The van der Waals surface area contributed by atoms with Gasteiger partial charge in [-0.3, -0.25) is 4.79 Å². The fourth-order valence-electron chi connectivity index (χ4n) is 2.26. The van der Waals surface area contributed by atoms with Crippen molar-refractivity contribution < 1.29 is 9.59 Å². The van der Waals surface area contributed by atoms with Gasteiger partial charge in [0.25, 0.3) is 0 Å². The van der Waals surface area contributed by atoms with Crippen molar-refractivity contribution in [2.75, 3.05) is 26.2 Å². The van der Waals surface area contributed by atoms with Gasteiger partial charge < -0.3 is 15.1 Å². The van der Waals surface area contributed by atoms with Gasteiger partial charge in [0.1, 0.15) is 0 Å². The van der Waals surface area contributed by atoms with E-state index in [0.29, 0.717) is 26.1 Å². The van der Waals surface area contributed by atoms with Gasteiger partial charge in [-0.15, -0.1) is 0 Å².